The lowest BCUT2D eigenvalue weighted by Gasteiger charge is -2.48. The van der Waals surface area contributed by atoms with Gasteiger partial charge in [-0.25, -0.2) is 0 Å². The van der Waals surface area contributed by atoms with Crippen molar-refractivity contribution in [2.75, 3.05) is 18.7 Å². The SMILES string of the molecule is COc1ccc(N(C)[Si](C)(C)C2CCCC3CC(C)CC32)cc1. The smallest absolute Gasteiger partial charge is 0.153 e. The van der Waals surface area contributed by atoms with Crippen molar-refractivity contribution in [1.82, 2.24) is 0 Å². The van der Waals surface area contributed by atoms with E-state index in [0.29, 0.717) is 0 Å². The van der Waals surface area contributed by atoms with Crippen LogP contribution in [0, 0.1) is 17.8 Å². The lowest BCUT2D eigenvalue weighted by Crippen LogP contribution is -2.53. The van der Waals surface area contributed by atoms with Gasteiger partial charge in [0.2, 0.25) is 0 Å². The van der Waals surface area contributed by atoms with Crippen LogP contribution < -0.4 is 9.30 Å². The zero-order valence-electron chi connectivity index (χ0n) is 15.5. The van der Waals surface area contributed by atoms with Crippen LogP contribution >= 0.6 is 0 Å². The molecule has 2 aliphatic rings. The van der Waals surface area contributed by atoms with Crippen LogP contribution in [0.25, 0.3) is 0 Å². The van der Waals surface area contributed by atoms with Gasteiger partial charge in [-0.15, -0.1) is 0 Å². The second-order valence-corrected chi connectivity index (χ2v) is 13.2. The number of ether oxygens (including phenoxy) is 1. The van der Waals surface area contributed by atoms with Gasteiger partial charge >= 0.3 is 0 Å². The molecule has 0 bridgehead atoms. The Kier molecular flexibility index (Phi) is 4.77. The van der Waals surface area contributed by atoms with Crippen LogP contribution in [0.3, 0.4) is 0 Å². The molecule has 3 heteroatoms. The van der Waals surface area contributed by atoms with Crippen LogP contribution in [-0.4, -0.2) is 22.4 Å². The maximum absolute atomic E-state index is 5.31. The maximum atomic E-state index is 5.31. The molecule has 0 amide bonds. The zero-order valence-corrected chi connectivity index (χ0v) is 16.5. The van der Waals surface area contributed by atoms with E-state index < -0.39 is 8.24 Å². The first-order valence-corrected chi connectivity index (χ1v) is 12.3. The van der Waals surface area contributed by atoms with Crippen LogP contribution in [0.4, 0.5) is 5.69 Å². The van der Waals surface area contributed by atoms with E-state index in [0.717, 1.165) is 29.0 Å². The minimum atomic E-state index is -1.50. The first-order chi connectivity index (χ1) is 10.9. The van der Waals surface area contributed by atoms with Gasteiger partial charge in [0.05, 0.1) is 7.11 Å². The van der Waals surface area contributed by atoms with Crippen molar-refractivity contribution in [1.29, 1.82) is 0 Å². The summed E-state index contributed by atoms with van der Waals surface area (Å²) in [5, 5.41) is 0. The van der Waals surface area contributed by atoms with Crippen molar-refractivity contribution < 1.29 is 4.74 Å². The number of nitrogens with zero attached hydrogens (tertiary/aromatic N) is 1. The number of hydrogen-bond acceptors (Lipinski definition) is 2. The molecule has 4 unspecified atom stereocenters. The van der Waals surface area contributed by atoms with Crippen molar-refractivity contribution in [2.45, 2.75) is 57.7 Å². The van der Waals surface area contributed by atoms with E-state index in [1.165, 1.54) is 37.8 Å². The fourth-order valence-electron chi connectivity index (χ4n) is 5.35. The lowest BCUT2D eigenvalue weighted by atomic mass is 9.81. The summed E-state index contributed by atoms with van der Waals surface area (Å²) in [5.74, 6) is 3.89. The van der Waals surface area contributed by atoms with Gasteiger partial charge in [0.1, 0.15) is 5.75 Å². The van der Waals surface area contributed by atoms with Gasteiger partial charge < -0.3 is 9.30 Å². The molecule has 0 saturated heterocycles. The highest BCUT2D eigenvalue weighted by molar-refractivity contribution is 6.82. The van der Waals surface area contributed by atoms with E-state index >= 15 is 0 Å². The molecular formula is C20H33NOSi. The number of anilines is 1. The van der Waals surface area contributed by atoms with Crippen LogP contribution in [0.1, 0.15) is 39.0 Å². The predicted molar refractivity (Wildman–Crippen MR) is 102 cm³/mol. The molecular weight excluding hydrogens is 298 g/mol. The van der Waals surface area contributed by atoms with E-state index in [2.05, 4.69) is 55.9 Å². The maximum Gasteiger partial charge on any atom is 0.153 e. The fraction of sp³-hybridized carbons (Fsp3) is 0.700. The summed E-state index contributed by atoms with van der Waals surface area (Å²) in [6, 6.07) is 8.64. The number of benzene rings is 1. The third-order valence-electron chi connectivity index (χ3n) is 6.82. The highest BCUT2D eigenvalue weighted by Crippen LogP contribution is 2.54. The van der Waals surface area contributed by atoms with Crippen molar-refractivity contribution in [3.05, 3.63) is 24.3 Å². The largest absolute Gasteiger partial charge is 0.497 e. The van der Waals surface area contributed by atoms with Crippen LogP contribution in [-0.2, 0) is 0 Å². The normalized spacial score (nSPS) is 30.8. The average molecular weight is 332 g/mol. The third-order valence-corrected chi connectivity index (χ3v) is 11.3. The van der Waals surface area contributed by atoms with Gasteiger partial charge in [0.25, 0.3) is 0 Å². The zero-order chi connectivity index (χ0) is 16.6. The Hall–Kier alpha value is -0.963. The molecule has 0 aliphatic heterocycles. The number of rotatable bonds is 4. The van der Waals surface area contributed by atoms with E-state index in [1.54, 1.807) is 7.11 Å². The number of hydrogen-bond donors (Lipinski definition) is 0. The van der Waals surface area contributed by atoms with E-state index in [1.807, 2.05) is 0 Å². The molecule has 2 saturated carbocycles. The second kappa shape index (κ2) is 6.50. The Morgan fingerprint density at radius 3 is 2.43 bits per heavy atom. The number of fused-ring (bicyclic) bond motifs is 1. The highest BCUT2D eigenvalue weighted by Gasteiger charge is 2.48. The van der Waals surface area contributed by atoms with E-state index in [-0.39, 0.29) is 0 Å². The van der Waals surface area contributed by atoms with Crippen molar-refractivity contribution in [2.24, 2.45) is 17.8 Å². The molecule has 23 heavy (non-hydrogen) atoms. The summed E-state index contributed by atoms with van der Waals surface area (Å²) < 4.78 is 7.95. The minimum Gasteiger partial charge on any atom is -0.497 e. The molecule has 2 fully saturated rings. The topological polar surface area (TPSA) is 12.5 Å². The first kappa shape index (κ1) is 16.9. The molecule has 0 spiro atoms. The molecule has 0 radical (unpaired) electrons. The van der Waals surface area contributed by atoms with Crippen molar-refractivity contribution in [3.63, 3.8) is 0 Å². The van der Waals surface area contributed by atoms with Crippen LogP contribution in [0.5, 0.6) is 5.75 Å². The first-order valence-electron chi connectivity index (χ1n) is 9.31. The van der Waals surface area contributed by atoms with Gasteiger partial charge in [-0.3, -0.25) is 0 Å². The average Bonchev–Trinajstić information content (AvgIpc) is 2.94. The Labute approximate surface area is 143 Å². The van der Waals surface area contributed by atoms with Crippen molar-refractivity contribution in [3.8, 4) is 5.75 Å². The van der Waals surface area contributed by atoms with Crippen LogP contribution in [0.15, 0.2) is 24.3 Å². The minimum absolute atomic E-state index is 0.943. The Bertz CT molecular complexity index is 527. The quantitative estimate of drug-likeness (QED) is 0.670. The van der Waals surface area contributed by atoms with Crippen molar-refractivity contribution >= 4 is 13.9 Å². The summed E-state index contributed by atoms with van der Waals surface area (Å²) in [6.45, 7) is 7.65. The second-order valence-electron chi connectivity index (χ2n) is 8.45. The summed E-state index contributed by atoms with van der Waals surface area (Å²) >= 11 is 0. The molecule has 0 aromatic heterocycles. The van der Waals surface area contributed by atoms with E-state index in [9.17, 15) is 0 Å². The summed E-state index contributed by atoms with van der Waals surface area (Å²) in [4.78, 5) is 0. The summed E-state index contributed by atoms with van der Waals surface area (Å²) in [6.07, 6.45) is 7.35. The van der Waals surface area contributed by atoms with Gasteiger partial charge in [-0.05, 0) is 67.4 Å². The molecule has 2 aliphatic carbocycles. The van der Waals surface area contributed by atoms with Gasteiger partial charge in [-0.1, -0.05) is 39.3 Å². The summed E-state index contributed by atoms with van der Waals surface area (Å²) in [7, 11) is 2.57. The Morgan fingerprint density at radius 1 is 1.09 bits per heavy atom. The van der Waals surface area contributed by atoms with Gasteiger partial charge in [0, 0.05) is 5.69 Å². The van der Waals surface area contributed by atoms with Gasteiger partial charge in [0.15, 0.2) is 8.24 Å². The number of methoxy groups -OCH3 is 1. The molecule has 0 N–H and O–H groups in total. The highest BCUT2D eigenvalue weighted by atomic mass is 28.3. The van der Waals surface area contributed by atoms with Gasteiger partial charge in [-0.2, -0.15) is 0 Å². The van der Waals surface area contributed by atoms with Crippen LogP contribution in [0.2, 0.25) is 18.6 Å². The third kappa shape index (κ3) is 3.17. The molecule has 128 valence electrons. The molecule has 1 aromatic carbocycles. The monoisotopic (exact) mass is 331 g/mol. The Balaban J connectivity index is 1.81. The fourth-order valence-corrected chi connectivity index (χ4v) is 9.03. The van der Waals surface area contributed by atoms with E-state index in [4.69, 9.17) is 4.74 Å². The molecule has 0 heterocycles. The summed E-state index contributed by atoms with van der Waals surface area (Å²) in [5.41, 5.74) is 2.30. The standard InChI is InChI=1S/C20H33NOSi/c1-15-13-16-7-6-8-20(19(16)14-15)23(4,5)21(2)17-9-11-18(22-3)12-10-17/h9-12,15-16,19-20H,6-8,13-14H2,1-5H3. The molecule has 2 nitrogen and oxygen atoms in total. The molecule has 4 atom stereocenters. The Morgan fingerprint density at radius 2 is 1.78 bits per heavy atom. The molecule has 3 rings (SSSR count). The predicted octanol–water partition coefficient (Wildman–Crippen LogP) is 5.55. The molecule has 1 aromatic rings. The lowest BCUT2D eigenvalue weighted by molar-refractivity contribution is 0.270.